The molecule has 1 saturated heterocycles. The SMILES string of the molecule is CC(=O)OCOC(=O)SC(C)(C)C(=O)C[C@@H](CSC(C)=O)C(=O)OC(C)C.CC(C)C(=O)OCOC(=O)SC(C)(C)C(=O)C[C@@H](CSC(=O)c1cccs1)C(=O)OCCN1CCCCC1.CC(C)OC(=O)[C@H](CSC(=O)C(C)C)CC(=O)C(C)(C)SC(=O)OCOC(=O)C(C)C.CC(C)OC(=O)[C@H](CSC(=O)c1cccs1)CC(=O)C(C)(C)SC(=O)OCOC(=O)C(C)C. The fourth-order valence-electron chi connectivity index (χ4n) is 9.38. The van der Waals surface area contributed by atoms with E-state index in [0.717, 1.165) is 73.0 Å². The number of thiophene rings is 2. The third-order valence-electron chi connectivity index (χ3n) is 16.9. The summed E-state index contributed by atoms with van der Waals surface area (Å²) in [4.78, 5) is 246. The van der Waals surface area contributed by atoms with Crippen molar-refractivity contribution in [2.75, 3.05) is 76.4 Å². The van der Waals surface area contributed by atoms with E-state index in [-0.39, 0.29) is 141 Å². The average molecular weight is 2010 g/mol. The standard InChI is InChI=1S/C26H37NO8S3.C22H30O8S3.C21H34O8S2.C17H26O8S2/c1-18(2)22(29)34-17-35-25(32)38-26(3,4)21(28)15-19(16-37-24(31)20-9-8-14-36-20)23(30)33-13-12-27-10-6-5-7-11-27;1-13(2)18(24)28-12-29-21(27)33-22(5,6)17(23)10-15(19(25)30-14(3)4)11-32-20(26)16-8-7-9-31-16;1-12(2)17(23)27-11-28-20(26)31-21(7,8)16(22)9-15(18(24)29-14(5)6)10-30-19(25)13(3)4;1-10(2)25-15(21)13(8-26-12(4)19)7-14(20)17(5,6)27-16(22)24-9-23-11(3)18/h8-9,14,18-19H,5-7,10-13,15-17H2,1-4H3;7-9,13-15H,10-12H2,1-6H3;12-15H,9-11H2,1-8H3;10,13H,7-9H2,1-6H3/t19-;2*15-;13-/m0000/s1. The van der Waals surface area contributed by atoms with Crippen LogP contribution in [0.25, 0.3) is 0 Å². The average Bonchev–Trinajstić information content (AvgIpc) is 1.86. The fraction of sp³-hybridized carbons (Fsp3) is 0.674. The van der Waals surface area contributed by atoms with Crippen LogP contribution < -0.4 is 0 Å². The van der Waals surface area contributed by atoms with E-state index < -0.39 is 139 Å². The molecule has 0 radical (unpaired) electrons. The molecule has 0 unspecified atom stereocenters. The van der Waals surface area contributed by atoms with Crippen LogP contribution in [0.3, 0.4) is 0 Å². The summed E-state index contributed by atoms with van der Waals surface area (Å²) in [5.74, 6) is -10.0. The molecule has 0 spiro atoms. The molecular weight excluding hydrogens is 1880 g/mol. The minimum Gasteiger partial charge on any atom is -0.464 e. The van der Waals surface area contributed by atoms with E-state index in [1.807, 2.05) is 0 Å². The van der Waals surface area contributed by atoms with Gasteiger partial charge in [0.25, 0.3) is 0 Å². The molecule has 3 rings (SSSR count). The number of carbonyl (C=O) groups excluding carboxylic acids is 20. The first kappa shape index (κ1) is 122. The lowest BCUT2D eigenvalue weighted by molar-refractivity contribution is -0.156. The van der Waals surface area contributed by atoms with Crippen LogP contribution in [0.5, 0.6) is 0 Å². The van der Waals surface area contributed by atoms with E-state index in [2.05, 4.69) is 9.64 Å². The van der Waals surface area contributed by atoms with Gasteiger partial charge in [-0.3, -0.25) is 81.6 Å². The quantitative estimate of drug-likeness (QED) is 0.0337. The molecule has 1 aliphatic rings. The van der Waals surface area contributed by atoms with Crippen molar-refractivity contribution in [3.63, 3.8) is 0 Å². The Balaban J connectivity index is 0.00000171. The largest absolute Gasteiger partial charge is 0.464 e. The van der Waals surface area contributed by atoms with Gasteiger partial charge in [-0.15, -0.1) is 22.7 Å². The molecule has 3 heterocycles. The summed E-state index contributed by atoms with van der Waals surface area (Å²) >= 11 is 9.01. The number of likely N-dealkylation sites (tertiary alicyclic amines) is 1. The van der Waals surface area contributed by atoms with Crippen molar-refractivity contribution in [2.45, 2.75) is 248 Å². The molecule has 0 amide bonds. The van der Waals surface area contributed by atoms with Crippen molar-refractivity contribution in [1.29, 1.82) is 0 Å². The number of carbonyl (C=O) groups is 20. The number of ether oxygens (including phenoxy) is 12. The van der Waals surface area contributed by atoms with Gasteiger partial charge in [-0.2, -0.15) is 0 Å². The van der Waals surface area contributed by atoms with E-state index in [1.54, 1.807) is 160 Å². The van der Waals surface area contributed by atoms with Crippen molar-refractivity contribution < 1.29 is 153 Å². The number of thioether (sulfide) groups is 8. The van der Waals surface area contributed by atoms with Crippen LogP contribution >= 0.6 is 117 Å². The van der Waals surface area contributed by atoms with Crippen molar-refractivity contribution in [2.24, 2.45) is 47.3 Å². The Labute approximate surface area is 798 Å². The van der Waals surface area contributed by atoms with Crippen LogP contribution in [0.4, 0.5) is 19.2 Å². The third-order valence-corrected chi connectivity index (χ3v) is 27.4. The Morgan fingerprint density at radius 3 is 0.899 bits per heavy atom. The highest BCUT2D eigenvalue weighted by Gasteiger charge is 2.42. The summed E-state index contributed by atoms with van der Waals surface area (Å²) in [5.41, 5.74) is 0. The molecule has 0 N–H and O–H groups in total. The molecule has 0 aliphatic carbocycles. The molecule has 129 heavy (non-hydrogen) atoms. The third kappa shape index (κ3) is 54.8. The lowest BCUT2D eigenvalue weighted by Gasteiger charge is -2.26. The van der Waals surface area contributed by atoms with E-state index >= 15 is 0 Å². The zero-order valence-electron chi connectivity index (χ0n) is 77.8. The molecule has 1 aliphatic heterocycles. The Morgan fingerprint density at radius 2 is 0.636 bits per heavy atom. The summed E-state index contributed by atoms with van der Waals surface area (Å²) in [5, 5.41) is -0.155. The summed E-state index contributed by atoms with van der Waals surface area (Å²) in [6, 6.07) is 6.93. The van der Waals surface area contributed by atoms with Crippen LogP contribution in [0.15, 0.2) is 35.0 Å². The van der Waals surface area contributed by atoms with Gasteiger partial charge in [-0.1, -0.05) is 121 Å². The molecule has 2 aromatic heterocycles. The van der Waals surface area contributed by atoms with E-state index in [1.165, 1.54) is 70.6 Å². The molecule has 4 atom stereocenters. The van der Waals surface area contributed by atoms with Crippen molar-refractivity contribution in [3.05, 3.63) is 44.8 Å². The minimum atomic E-state index is -1.21. The molecule has 43 heteroatoms. The normalized spacial score (nSPS) is 13.2. The predicted molar refractivity (Wildman–Crippen MR) is 502 cm³/mol. The van der Waals surface area contributed by atoms with Gasteiger partial charge < -0.3 is 56.8 Å². The highest BCUT2D eigenvalue weighted by atomic mass is 32.2. The summed E-state index contributed by atoms with van der Waals surface area (Å²) in [6.07, 6.45) is 1.62. The maximum absolute atomic E-state index is 13.2. The molecule has 728 valence electrons. The maximum atomic E-state index is 13.2. The van der Waals surface area contributed by atoms with Gasteiger partial charge in [0.05, 0.1) is 88.5 Å². The van der Waals surface area contributed by atoms with Crippen LogP contribution in [-0.2, 0) is 124 Å². The maximum Gasteiger partial charge on any atom is 0.371 e. The number of rotatable bonds is 48. The monoisotopic (exact) mass is 2010 g/mol. The Kier molecular flexibility index (Phi) is 60.0. The highest BCUT2D eigenvalue weighted by molar-refractivity contribution is 8.16. The topological polar surface area (TPSA) is 455 Å². The van der Waals surface area contributed by atoms with Gasteiger partial charge in [0, 0.05) is 75.0 Å². The number of ketones is 4. The van der Waals surface area contributed by atoms with Gasteiger partial charge in [-0.05, 0) is 193 Å². The number of esters is 8. The zero-order chi connectivity index (χ0) is 98.9. The molecule has 2 aromatic rings. The Hall–Kier alpha value is -6.84. The number of hydrogen-bond donors (Lipinski definition) is 0. The second-order valence-electron chi connectivity index (χ2n) is 32.6. The first-order valence-corrected chi connectivity index (χ1v) is 50.2. The Bertz CT molecular complexity index is 4000. The van der Waals surface area contributed by atoms with E-state index in [0.29, 0.717) is 63.3 Å². The van der Waals surface area contributed by atoms with Crippen LogP contribution in [-0.4, -0.2) is 231 Å². The van der Waals surface area contributed by atoms with Gasteiger partial charge in [0.2, 0.25) is 37.4 Å². The molecule has 0 saturated carbocycles. The molecule has 1 fully saturated rings. The number of hydrogen-bond acceptors (Lipinski definition) is 43. The van der Waals surface area contributed by atoms with Crippen molar-refractivity contribution in [3.8, 4) is 0 Å². The minimum absolute atomic E-state index is 0.0738. The smallest absolute Gasteiger partial charge is 0.371 e. The summed E-state index contributed by atoms with van der Waals surface area (Å²) in [7, 11) is 0. The molecule has 0 aromatic carbocycles. The summed E-state index contributed by atoms with van der Waals surface area (Å²) < 4.78 is 54.6. The van der Waals surface area contributed by atoms with Gasteiger partial charge in [0.15, 0.2) is 10.2 Å². The van der Waals surface area contributed by atoms with Crippen LogP contribution in [0.2, 0.25) is 0 Å². The van der Waals surface area contributed by atoms with E-state index in [9.17, 15) is 95.9 Å². The van der Waals surface area contributed by atoms with Crippen molar-refractivity contribution >= 4 is 229 Å². The first-order valence-electron chi connectivity index (χ1n) is 41.3. The summed E-state index contributed by atoms with van der Waals surface area (Å²) in [6.45, 7) is 39.1. The Morgan fingerprint density at radius 1 is 0.349 bits per heavy atom. The highest BCUT2D eigenvalue weighted by Crippen LogP contribution is 2.37. The number of Topliss-reactive ketones (excluding diaryl/α,β-unsaturated/α-hetero) is 4. The van der Waals surface area contributed by atoms with E-state index in [4.69, 9.17) is 52.1 Å². The van der Waals surface area contributed by atoms with Crippen LogP contribution in [0, 0.1) is 47.3 Å². The van der Waals surface area contributed by atoms with Gasteiger partial charge in [0.1, 0.15) is 29.7 Å². The molecular formula is C86H127NO32S10. The molecule has 0 bridgehead atoms. The number of piperidine rings is 1. The second kappa shape index (κ2) is 63.4. The first-order chi connectivity index (χ1) is 59.8. The predicted octanol–water partition coefficient (Wildman–Crippen LogP) is 17.2. The van der Waals surface area contributed by atoms with Gasteiger partial charge in [-0.25, -0.2) is 19.2 Å². The zero-order valence-corrected chi connectivity index (χ0v) is 86.0. The second-order valence-corrected chi connectivity index (χ2v) is 44.9. The van der Waals surface area contributed by atoms with Gasteiger partial charge >= 0.3 is 69.0 Å². The molecule has 33 nitrogen and oxygen atoms in total. The van der Waals surface area contributed by atoms with Crippen molar-refractivity contribution in [1.82, 2.24) is 4.90 Å². The number of nitrogens with zero attached hydrogens (tertiary/aromatic N) is 1. The lowest BCUT2D eigenvalue weighted by atomic mass is 9.97. The fourth-order valence-corrected chi connectivity index (χ4v) is 17.3. The van der Waals surface area contributed by atoms with Crippen LogP contribution in [0.1, 0.15) is 230 Å². The lowest BCUT2D eigenvalue weighted by Crippen LogP contribution is -2.36.